The Labute approximate surface area is 171 Å². The predicted molar refractivity (Wildman–Crippen MR) is 114 cm³/mol. The lowest BCUT2D eigenvalue weighted by Crippen LogP contribution is -2.13. The summed E-state index contributed by atoms with van der Waals surface area (Å²) in [5, 5.41) is 21.5. The standard InChI is InChI=1S/C23H17BrN2O2/c24-22-8-4-3-7-18(22)13-16-5-1-2-6-17(16)14-19(15-25)23(28)26-20-9-11-21(27)12-10-20/h1-12,14,27H,13H2,(H,26,28)/b19-14+. The van der Waals surface area contributed by atoms with Crippen molar-refractivity contribution in [2.24, 2.45) is 0 Å². The Kier molecular flexibility index (Phi) is 6.25. The lowest BCUT2D eigenvalue weighted by atomic mass is 9.98. The Hall–Kier alpha value is -3.36. The molecule has 3 aromatic rings. The number of nitrogens with one attached hydrogen (secondary N) is 1. The van der Waals surface area contributed by atoms with Gasteiger partial charge in [-0.3, -0.25) is 4.79 Å². The first-order valence-corrected chi connectivity index (χ1v) is 9.39. The van der Waals surface area contributed by atoms with Crippen molar-refractivity contribution in [2.75, 3.05) is 5.32 Å². The fourth-order valence-electron chi connectivity index (χ4n) is 2.73. The summed E-state index contributed by atoms with van der Waals surface area (Å²) in [5.41, 5.74) is 3.46. The van der Waals surface area contributed by atoms with Crippen LogP contribution in [-0.4, -0.2) is 11.0 Å². The van der Waals surface area contributed by atoms with E-state index in [2.05, 4.69) is 21.2 Å². The maximum absolute atomic E-state index is 12.5. The Morgan fingerprint density at radius 1 is 1.00 bits per heavy atom. The first-order chi connectivity index (χ1) is 13.6. The van der Waals surface area contributed by atoms with Crippen molar-refractivity contribution < 1.29 is 9.90 Å². The van der Waals surface area contributed by atoms with Crippen molar-refractivity contribution in [3.8, 4) is 11.8 Å². The van der Waals surface area contributed by atoms with Gasteiger partial charge in [0.1, 0.15) is 17.4 Å². The van der Waals surface area contributed by atoms with Gasteiger partial charge in [-0.1, -0.05) is 58.4 Å². The number of nitriles is 1. The number of halogens is 1. The molecule has 0 fully saturated rings. The molecule has 0 radical (unpaired) electrons. The number of hydrogen-bond acceptors (Lipinski definition) is 3. The molecule has 138 valence electrons. The molecular formula is C23H17BrN2O2. The molecule has 3 rings (SSSR count). The van der Waals surface area contributed by atoms with Crippen LogP contribution in [0, 0.1) is 11.3 Å². The van der Waals surface area contributed by atoms with E-state index >= 15 is 0 Å². The minimum Gasteiger partial charge on any atom is -0.508 e. The van der Waals surface area contributed by atoms with Gasteiger partial charge in [-0.2, -0.15) is 5.26 Å². The predicted octanol–water partition coefficient (Wildman–Crippen LogP) is 5.29. The van der Waals surface area contributed by atoms with Crippen LogP contribution in [0.15, 0.2) is 82.8 Å². The van der Waals surface area contributed by atoms with E-state index in [0.29, 0.717) is 12.1 Å². The highest BCUT2D eigenvalue weighted by Crippen LogP contribution is 2.23. The van der Waals surface area contributed by atoms with Crippen molar-refractivity contribution in [3.05, 3.63) is 99.5 Å². The summed E-state index contributed by atoms with van der Waals surface area (Å²) in [6.07, 6.45) is 2.27. The zero-order valence-corrected chi connectivity index (χ0v) is 16.5. The number of rotatable bonds is 5. The summed E-state index contributed by atoms with van der Waals surface area (Å²) in [4.78, 5) is 12.5. The number of benzene rings is 3. The number of amides is 1. The van der Waals surface area contributed by atoms with Gasteiger partial charge in [-0.05, 0) is 59.5 Å². The van der Waals surface area contributed by atoms with Crippen molar-refractivity contribution >= 4 is 33.6 Å². The van der Waals surface area contributed by atoms with Crippen LogP contribution in [0.25, 0.3) is 6.08 Å². The van der Waals surface area contributed by atoms with Crippen molar-refractivity contribution in [3.63, 3.8) is 0 Å². The SMILES string of the molecule is N#C/C(=C\c1ccccc1Cc1ccccc1Br)C(=O)Nc1ccc(O)cc1. The summed E-state index contributed by atoms with van der Waals surface area (Å²) >= 11 is 3.56. The smallest absolute Gasteiger partial charge is 0.266 e. The molecule has 2 N–H and O–H groups in total. The van der Waals surface area contributed by atoms with Crippen LogP contribution in [0.1, 0.15) is 16.7 Å². The highest BCUT2D eigenvalue weighted by Gasteiger charge is 2.11. The molecule has 0 bridgehead atoms. The van der Waals surface area contributed by atoms with Crippen molar-refractivity contribution in [1.29, 1.82) is 5.26 Å². The van der Waals surface area contributed by atoms with E-state index in [4.69, 9.17) is 0 Å². The Morgan fingerprint density at radius 3 is 2.32 bits per heavy atom. The van der Waals surface area contributed by atoms with E-state index < -0.39 is 5.91 Å². The van der Waals surface area contributed by atoms with Gasteiger partial charge in [-0.25, -0.2) is 0 Å². The summed E-state index contributed by atoms with van der Waals surface area (Å²) in [6, 6.07) is 23.7. The molecule has 1 amide bonds. The van der Waals surface area contributed by atoms with Crippen LogP contribution in [0.2, 0.25) is 0 Å². The lowest BCUT2D eigenvalue weighted by Gasteiger charge is -2.09. The molecule has 28 heavy (non-hydrogen) atoms. The number of aromatic hydroxyl groups is 1. The summed E-state index contributed by atoms with van der Waals surface area (Å²) in [5.74, 6) is -0.390. The Morgan fingerprint density at radius 2 is 1.64 bits per heavy atom. The van der Waals surface area contributed by atoms with Gasteiger partial charge in [0.05, 0.1) is 0 Å². The maximum atomic E-state index is 12.5. The molecule has 0 unspecified atom stereocenters. The molecule has 3 aromatic carbocycles. The van der Waals surface area contributed by atoms with Gasteiger partial charge in [0, 0.05) is 10.2 Å². The van der Waals surface area contributed by atoms with Crippen LogP contribution in [0.3, 0.4) is 0 Å². The zero-order valence-electron chi connectivity index (χ0n) is 14.9. The first-order valence-electron chi connectivity index (χ1n) is 8.60. The highest BCUT2D eigenvalue weighted by molar-refractivity contribution is 9.10. The molecule has 0 saturated heterocycles. The second-order valence-corrected chi connectivity index (χ2v) is 6.99. The van der Waals surface area contributed by atoms with Gasteiger partial charge < -0.3 is 10.4 Å². The normalized spacial score (nSPS) is 10.9. The summed E-state index contributed by atoms with van der Waals surface area (Å²) in [7, 11) is 0. The molecule has 0 saturated carbocycles. The third-order valence-electron chi connectivity index (χ3n) is 4.18. The van der Waals surface area contributed by atoms with Gasteiger partial charge >= 0.3 is 0 Å². The third-order valence-corrected chi connectivity index (χ3v) is 4.96. The Balaban J connectivity index is 1.86. The lowest BCUT2D eigenvalue weighted by molar-refractivity contribution is -0.112. The van der Waals surface area contributed by atoms with E-state index in [9.17, 15) is 15.2 Å². The quantitative estimate of drug-likeness (QED) is 0.326. The maximum Gasteiger partial charge on any atom is 0.266 e. The van der Waals surface area contributed by atoms with E-state index in [-0.39, 0.29) is 11.3 Å². The van der Waals surface area contributed by atoms with Gasteiger partial charge in [0.15, 0.2) is 0 Å². The van der Waals surface area contributed by atoms with Crippen LogP contribution in [0.4, 0.5) is 5.69 Å². The molecule has 0 spiro atoms. The van der Waals surface area contributed by atoms with Gasteiger partial charge in [0.25, 0.3) is 5.91 Å². The van der Waals surface area contributed by atoms with E-state index in [1.807, 2.05) is 54.6 Å². The third kappa shape index (κ3) is 4.87. The molecule has 0 aromatic heterocycles. The second-order valence-electron chi connectivity index (χ2n) is 6.14. The first kappa shape index (κ1) is 19.4. The number of hydrogen-bond donors (Lipinski definition) is 2. The second kappa shape index (κ2) is 9.03. The number of phenols is 1. The topological polar surface area (TPSA) is 73.1 Å². The van der Waals surface area contributed by atoms with E-state index in [1.54, 1.807) is 18.2 Å². The number of carbonyl (C=O) groups is 1. The molecular weight excluding hydrogens is 416 g/mol. The molecule has 0 aliphatic heterocycles. The number of nitrogens with zero attached hydrogens (tertiary/aromatic N) is 1. The fourth-order valence-corrected chi connectivity index (χ4v) is 3.16. The van der Waals surface area contributed by atoms with Crippen LogP contribution < -0.4 is 5.32 Å². The largest absolute Gasteiger partial charge is 0.508 e. The zero-order chi connectivity index (χ0) is 19.9. The summed E-state index contributed by atoms with van der Waals surface area (Å²) < 4.78 is 1.01. The van der Waals surface area contributed by atoms with E-state index in [1.165, 1.54) is 12.1 Å². The average Bonchev–Trinajstić information content (AvgIpc) is 2.70. The van der Waals surface area contributed by atoms with Gasteiger partial charge in [0.2, 0.25) is 0 Å². The molecule has 0 atom stereocenters. The van der Waals surface area contributed by atoms with Crippen LogP contribution in [0.5, 0.6) is 5.75 Å². The molecule has 4 nitrogen and oxygen atoms in total. The summed E-state index contributed by atoms with van der Waals surface area (Å²) in [6.45, 7) is 0. The number of phenolic OH excluding ortho intramolecular Hbond substituents is 1. The monoisotopic (exact) mass is 432 g/mol. The molecule has 5 heteroatoms. The van der Waals surface area contributed by atoms with Gasteiger partial charge in [-0.15, -0.1) is 0 Å². The molecule has 0 heterocycles. The number of carbonyl (C=O) groups excluding carboxylic acids is 1. The van der Waals surface area contributed by atoms with Crippen molar-refractivity contribution in [2.45, 2.75) is 6.42 Å². The number of anilines is 1. The van der Waals surface area contributed by atoms with E-state index in [0.717, 1.165) is 21.2 Å². The van der Waals surface area contributed by atoms with Crippen LogP contribution in [-0.2, 0) is 11.2 Å². The minimum atomic E-state index is -0.496. The Bertz CT molecular complexity index is 1070. The molecule has 0 aliphatic rings. The minimum absolute atomic E-state index is 0.00709. The molecule has 0 aliphatic carbocycles. The highest BCUT2D eigenvalue weighted by atomic mass is 79.9. The average molecular weight is 433 g/mol. The van der Waals surface area contributed by atoms with Crippen LogP contribution >= 0.6 is 15.9 Å². The van der Waals surface area contributed by atoms with Crippen molar-refractivity contribution in [1.82, 2.24) is 0 Å². The fraction of sp³-hybridized carbons (Fsp3) is 0.0435.